The number of sulfonamides is 1. The number of piperazine rings is 1. The van der Waals surface area contributed by atoms with Crippen molar-refractivity contribution in [1.29, 1.82) is 0 Å². The van der Waals surface area contributed by atoms with Gasteiger partial charge in [-0.15, -0.1) is 0 Å². The Bertz CT molecular complexity index is 724. The Kier molecular flexibility index (Phi) is 6.55. The predicted molar refractivity (Wildman–Crippen MR) is 106 cm³/mol. The second kappa shape index (κ2) is 8.71. The van der Waals surface area contributed by atoms with E-state index in [1.807, 2.05) is 24.9 Å². The number of amides is 1. The number of rotatable bonds is 5. The summed E-state index contributed by atoms with van der Waals surface area (Å²) >= 11 is 0. The Hall–Kier alpha value is -1.44. The van der Waals surface area contributed by atoms with Crippen molar-refractivity contribution in [1.82, 2.24) is 14.1 Å². The molecule has 3 rings (SSSR count). The van der Waals surface area contributed by atoms with Crippen molar-refractivity contribution < 1.29 is 13.2 Å². The van der Waals surface area contributed by atoms with Crippen LogP contribution < -0.4 is 0 Å². The smallest absolute Gasteiger partial charge is 0.243 e. The zero-order valence-electron chi connectivity index (χ0n) is 16.4. The van der Waals surface area contributed by atoms with Gasteiger partial charge in [0.1, 0.15) is 0 Å². The van der Waals surface area contributed by atoms with Crippen LogP contribution >= 0.6 is 0 Å². The van der Waals surface area contributed by atoms with Crippen LogP contribution in [0.25, 0.3) is 0 Å². The van der Waals surface area contributed by atoms with Crippen LogP contribution in [0.2, 0.25) is 0 Å². The zero-order valence-corrected chi connectivity index (χ0v) is 17.2. The topological polar surface area (TPSA) is 60.9 Å². The summed E-state index contributed by atoms with van der Waals surface area (Å²) in [6, 6.07) is 8.70. The molecule has 1 aliphatic carbocycles. The number of carbonyl (C=O) groups excluding carboxylic acids is 1. The maximum atomic E-state index is 12.9. The summed E-state index contributed by atoms with van der Waals surface area (Å²) in [4.78, 5) is 17.3. The first-order chi connectivity index (χ1) is 12.9. The van der Waals surface area contributed by atoms with E-state index in [0.29, 0.717) is 37.1 Å². The van der Waals surface area contributed by atoms with Gasteiger partial charge in [-0.2, -0.15) is 4.31 Å². The molecule has 2 fully saturated rings. The molecule has 1 saturated carbocycles. The van der Waals surface area contributed by atoms with E-state index >= 15 is 0 Å². The van der Waals surface area contributed by atoms with Crippen LogP contribution in [0.5, 0.6) is 0 Å². The van der Waals surface area contributed by atoms with Crippen LogP contribution in [0.1, 0.15) is 39.0 Å². The molecular formula is C20H31N3O3S. The van der Waals surface area contributed by atoms with Crippen molar-refractivity contribution >= 4 is 15.9 Å². The van der Waals surface area contributed by atoms with E-state index in [-0.39, 0.29) is 11.9 Å². The van der Waals surface area contributed by atoms with E-state index in [1.54, 1.807) is 24.3 Å². The van der Waals surface area contributed by atoms with Crippen molar-refractivity contribution in [2.45, 2.75) is 56.0 Å². The largest absolute Gasteiger partial charge is 0.341 e. The molecule has 0 bridgehead atoms. The molecule has 0 N–H and O–H groups in total. The first-order valence-corrected chi connectivity index (χ1v) is 11.4. The lowest BCUT2D eigenvalue weighted by atomic mass is 9.94. The minimum absolute atomic E-state index is 0.154. The molecule has 1 aromatic rings. The fourth-order valence-electron chi connectivity index (χ4n) is 4.17. The number of hydrogen-bond donors (Lipinski definition) is 0. The van der Waals surface area contributed by atoms with E-state index in [1.165, 1.54) is 23.6 Å². The molecule has 1 heterocycles. The van der Waals surface area contributed by atoms with Gasteiger partial charge in [-0.1, -0.05) is 37.5 Å². The van der Waals surface area contributed by atoms with E-state index in [4.69, 9.17) is 0 Å². The van der Waals surface area contributed by atoms with Gasteiger partial charge < -0.3 is 4.90 Å². The molecular weight excluding hydrogens is 362 g/mol. The Morgan fingerprint density at radius 1 is 1.04 bits per heavy atom. The molecule has 0 aromatic heterocycles. The third-order valence-corrected chi connectivity index (χ3v) is 7.94. The van der Waals surface area contributed by atoms with Gasteiger partial charge >= 0.3 is 0 Å². The van der Waals surface area contributed by atoms with Gasteiger partial charge in [0.25, 0.3) is 0 Å². The van der Waals surface area contributed by atoms with Crippen molar-refractivity contribution in [2.24, 2.45) is 0 Å². The molecule has 0 spiro atoms. The van der Waals surface area contributed by atoms with Crippen molar-refractivity contribution in [3.05, 3.63) is 30.3 Å². The lowest BCUT2D eigenvalue weighted by Gasteiger charge is -2.39. The molecule has 7 heteroatoms. The second-order valence-electron chi connectivity index (χ2n) is 7.67. The molecule has 27 heavy (non-hydrogen) atoms. The Morgan fingerprint density at radius 2 is 1.63 bits per heavy atom. The lowest BCUT2D eigenvalue weighted by molar-refractivity contribution is -0.138. The Balaban J connectivity index is 1.57. The second-order valence-corrected chi connectivity index (χ2v) is 9.61. The average Bonchev–Trinajstić information content (AvgIpc) is 2.73. The van der Waals surface area contributed by atoms with E-state index in [0.717, 1.165) is 12.8 Å². The number of carbonyl (C=O) groups is 1. The van der Waals surface area contributed by atoms with Gasteiger partial charge in [0.05, 0.1) is 10.9 Å². The summed E-state index contributed by atoms with van der Waals surface area (Å²) in [5.74, 6) is 0.154. The number of hydrogen-bond acceptors (Lipinski definition) is 4. The van der Waals surface area contributed by atoms with Crippen LogP contribution in [0.15, 0.2) is 35.2 Å². The minimum atomic E-state index is -3.45. The molecule has 1 aromatic carbocycles. The van der Waals surface area contributed by atoms with Gasteiger partial charge in [-0.25, -0.2) is 8.42 Å². The number of nitrogens with zero attached hydrogens (tertiary/aromatic N) is 3. The van der Waals surface area contributed by atoms with Crippen molar-refractivity contribution in [3.8, 4) is 0 Å². The molecule has 1 aliphatic heterocycles. The fraction of sp³-hybridized carbons (Fsp3) is 0.650. The maximum Gasteiger partial charge on any atom is 0.243 e. The molecule has 6 nitrogen and oxygen atoms in total. The fourth-order valence-corrected chi connectivity index (χ4v) is 5.62. The zero-order chi connectivity index (χ0) is 19.4. The molecule has 1 atom stereocenters. The highest BCUT2D eigenvalue weighted by molar-refractivity contribution is 7.89. The molecule has 0 radical (unpaired) electrons. The van der Waals surface area contributed by atoms with Crippen LogP contribution in [-0.4, -0.2) is 73.7 Å². The van der Waals surface area contributed by atoms with Gasteiger partial charge in [0.15, 0.2) is 0 Å². The van der Waals surface area contributed by atoms with E-state index < -0.39 is 10.0 Å². The summed E-state index contributed by atoms with van der Waals surface area (Å²) in [6.07, 6.45) is 5.86. The SMILES string of the molecule is C[C@@H](C(=O)N(C)C1CCCCC1)N1CCN(S(=O)(=O)c2ccccc2)CC1. The summed E-state index contributed by atoms with van der Waals surface area (Å²) in [7, 11) is -1.53. The van der Waals surface area contributed by atoms with Crippen LogP contribution in [0, 0.1) is 0 Å². The monoisotopic (exact) mass is 393 g/mol. The number of benzene rings is 1. The number of likely N-dealkylation sites (N-methyl/N-ethyl adjacent to an activating group) is 1. The predicted octanol–water partition coefficient (Wildman–Crippen LogP) is 2.17. The van der Waals surface area contributed by atoms with Gasteiger partial charge in [0.2, 0.25) is 15.9 Å². The first-order valence-electron chi connectivity index (χ1n) is 9.97. The van der Waals surface area contributed by atoms with Crippen LogP contribution in [0.4, 0.5) is 0 Å². The Morgan fingerprint density at radius 3 is 2.22 bits per heavy atom. The molecule has 1 saturated heterocycles. The minimum Gasteiger partial charge on any atom is -0.341 e. The van der Waals surface area contributed by atoms with Gasteiger partial charge in [0, 0.05) is 39.3 Å². The summed E-state index contributed by atoms with van der Waals surface area (Å²) in [6.45, 7) is 3.95. The molecule has 0 unspecified atom stereocenters. The van der Waals surface area contributed by atoms with E-state index in [9.17, 15) is 13.2 Å². The Labute approximate surface area is 163 Å². The quantitative estimate of drug-likeness (QED) is 0.769. The van der Waals surface area contributed by atoms with E-state index in [2.05, 4.69) is 4.90 Å². The molecule has 150 valence electrons. The summed E-state index contributed by atoms with van der Waals surface area (Å²) < 4.78 is 27.0. The van der Waals surface area contributed by atoms with Crippen molar-refractivity contribution in [2.75, 3.05) is 33.2 Å². The van der Waals surface area contributed by atoms with Crippen LogP contribution in [-0.2, 0) is 14.8 Å². The van der Waals surface area contributed by atoms with Crippen molar-refractivity contribution in [3.63, 3.8) is 0 Å². The summed E-state index contributed by atoms with van der Waals surface area (Å²) in [5.41, 5.74) is 0. The molecule has 2 aliphatic rings. The average molecular weight is 394 g/mol. The lowest BCUT2D eigenvalue weighted by Crippen LogP contribution is -2.56. The normalized spacial score (nSPS) is 21.7. The highest BCUT2D eigenvalue weighted by Crippen LogP contribution is 2.23. The third kappa shape index (κ3) is 4.52. The first kappa shape index (κ1) is 20.3. The maximum absolute atomic E-state index is 12.9. The summed E-state index contributed by atoms with van der Waals surface area (Å²) in [5, 5.41) is 0. The van der Waals surface area contributed by atoms with Gasteiger partial charge in [-0.3, -0.25) is 9.69 Å². The van der Waals surface area contributed by atoms with Crippen LogP contribution in [0.3, 0.4) is 0 Å². The van der Waals surface area contributed by atoms with Gasteiger partial charge in [-0.05, 0) is 31.9 Å². The molecule has 1 amide bonds. The standard InChI is InChI=1S/C20H31N3O3S/c1-17(20(24)21(2)18-9-5-3-6-10-18)22-13-15-23(16-14-22)27(25,26)19-11-7-4-8-12-19/h4,7-8,11-12,17-18H,3,5-6,9-10,13-16H2,1-2H3/t17-/m0/s1. The highest BCUT2D eigenvalue weighted by atomic mass is 32.2. The highest BCUT2D eigenvalue weighted by Gasteiger charge is 2.34. The third-order valence-electron chi connectivity index (χ3n) is 6.03.